The van der Waals surface area contributed by atoms with Crippen molar-refractivity contribution in [2.45, 2.75) is 24.0 Å². The maximum absolute atomic E-state index is 12.1. The van der Waals surface area contributed by atoms with Crippen LogP contribution in [0.15, 0.2) is 24.8 Å². The molecule has 0 saturated heterocycles. The SMILES string of the molecule is NS(=O)(=O)C1(CNC(=O)c2cnc3nccn3c2)CCC1. The second-order valence-corrected chi connectivity index (χ2v) is 7.20. The number of hydrogen-bond acceptors (Lipinski definition) is 5. The number of nitrogens with two attached hydrogens (primary N) is 1. The number of fused-ring (bicyclic) bond motifs is 1. The van der Waals surface area contributed by atoms with Crippen molar-refractivity contribution in [1.29, 1.82) is 0 Å². The van der Waals surface area contributed by atoms with E-state index in [1.165, 1.54) is 6.20 Å². The maximum Gasteiger partial charge on any atom is 0.254 e. The number of nitrogens with zero attached hydrogens (tertiary/aromatic N) is 3. The fraction of sp³-hybridized carbons (Fsp3) is 0.417. The minimum atomic E-state index is -3.68. The molecule has 3 N–H and O–H groups in total. The van der Waals surface area contributed by atoms with Crippen molar-refractivity contribution in [3.63, 3.8) is 0 Å². The molecule has 1 amide bonds. The highest BCUT2D eigenvalue weighted by atomic mass is 32.2. The molecule has 9 heteroatoms. The predicted molar refractivity (Wildman–Crippen MR) is 75.0 cm³/mol. The highest BCUT2D eigenvalue weighted by Gasteiger charge is 2.47. The van der Waals surface area contributed by atoms with Gasteiger partial charge in [-0.15, -0.1) is 0 Å². The fourth-order valence-electron chi connectivity index (χ4n) is 2.41. The van der Waals surface area contributed by atoms with E-state index in [1.807, 2.05) is 0 Å². The predicted octanol–water partition coefficient (Wildman–Crippen LogP) is -0.330. The van der Waals surface area contributed by atoms with E-state index < -0.39 is 14.8 Å². The highest BCUT2D eigenvalue weighted by Crippen LogP contribution is 2.37. The average molecular weight is 309 g/mol. The lowest BCUT2D eigenvalue weighted by Gasteiger charge is -2.39. The molecule has 2 aromatic rings. The summed E-state index contributed by atoms with van der Waals surface area (Å²) in [5.41, 5.74) is 0.337. The molecule has 2 aromatic heterocycles. The summed E-state index contributed by atoms with van der Waals surface area (Å²) in [6.07, 6.45) is 8.01. The summed E-state index contributed by atoms with van der Waals surface area (Å²) in [6, 6.07) is 0. The van der Waals surface area contributed by atoms with E-state index >= 15 is 0 Å². The van der Waals surface area contributed by atoms with Gasteiger partial charge in [-0.25, -0.2) is 23.5 Å². The second kappa shape index (κ2) is 4.78. The zero-order chi connectivity index (χ0) is 15.1. The molecule has 0 bridgehead atoms. The first-order valence-corrected chi connectivity index (χ1v) is 8.05. The smallest absolute Gasteiger partial charge is 0.254 e. The standard InChI is InChI=1S/C12H15N5O3S/c13-21(19,20)12(2-1-3-12)8-16-10(18)9-6-15-11-14-4-5-17(11)7-9/h4-7H,1-3,8H2,(H,16,18)(H2,13,19,20). The molecule has 0 spiro atoms. The summed E-state index contributed by atoms with van der Waals surface area (Å²) in [4.78, 5) is 20.1. The molecule has 0 atom stereocenters. The first-order chi connectivity index (χ1) is 9.91. The van der Waals surface area contributed by atoms with Crippen molar-refractivity contribution in [3.05, 3.63) is 30.4 Å². The maximum atomic E-state index is 12.1. The van der Waals surface area contributed by atoms with E-state index in [0.29, 0.717) is 24.2 Å². The van der Waals surface area contributed by atoms with E-state index in [4.69, 9.17) is 5.14 Å². The van der Waals surface area contributed by atoms with Crippen molar-refractivity contribution in [1.82, 2.24) is 19.7 Å². The van der Waals surface area contributed by atoms with E-state index in [0.717, 1.165) is 6.42 Å². The number of rotatable bonds is 4. The summed E-state index contributed by atoms with van der Waals surface area (Å²) >= 11 is 0. The van der Waals surface area contributed by atoms with Crippen LogP contribution < -0.4 is 10.5 Å². The molecule has 0 unspecified atom stereocenters. The van der Waals surface area contributed by atoms with Crippen LogP contribution >= 0.6 is 0 Å². The van der Waals surface area contributed by atoms with E-state index in [-0.39, 0.29) is 12.5 Å². The number of aromatic nitrogens is 3. The molecule has 21 heavy (non-hydrogen) atoms. The fourth-order valence-corrected chi connectivity index (χ4v) is 3.54. The van der Waals surface area contributed by atoms with Gasteiger partial charge in [-0.3, -0.25) is 9.20 Å². The van der Waals surface area contributed by atoms with Crippen LogP contribution in [0.2, 0.25) is 0 Å². The third kappa shape index (κ3) is 2.38. The van der Waals surface area contributed by atoms with E-state index in [9.17, 15) is 13.2 Å². The van der Waals surface area contributed by atoms with Crippen LogP contribution in [0.25, 0.3) is 5.78 Å². The molecule has 2 heterocycles. The first-order valence-electron chi connectivity index (χ1n) is 6.51. The minimum Gasteiger partial charge on any atom is -0.350 e. The third-order valence-electron chi connectivity index (χ3n) is 3.95. The number of nitrogens with one attached hydrogen (secondary N) is 1. The van der Waals surface area contributed by atoms with Crippen molar-refractivity contribution in [2.24, 2.45) is 5.14 Å². The Morgan fingerprint density at radius 1 is 1.43 bits per heavy atom. The Kier molecular flexibility index (Phi) is 3.18. The van der Waals surface area contributed by atoms with Crippen LogP contribution in [0.4, 0.5) is 0 Å². The Hall–Kier alpha value is -2.00. The second-order valence-electron chi connectivity index (χ2n) is 5.24. The van der Waals surface area contributed by atoms with Crippen molar-refractivity contribution >= 4 is 21.7 Å². The van der Waals surface area contributed by atoms with E-state index in [2.05, 4.69) is 15.3 Å². The normalized spacial score (nSPS) is 17.4. The van der Waals surface area contributed by atoms with Crippen molar-refractivity contribution in [2.75, 3.05) is 6.54 Å². The molecule has 1 aliphatic rings. The van der Waals surface area contributed by atoms with E-state index in [1.54, 1.807) is 23.0 Å². The highest BCUT2D eigenvalue weighted by molar-refractivity contribution is 7.90. The molecule has 1 fully saturated rings. The number of carbonyl (C=O) groups is 1. The third-order valence-corrected chi connectivity index (χ3v) is 5.71. The zero-order valence-corrected chi connectivity index (χ0v) is 12.0. The molecule has 0 radical (unpaired) electrons. The van der Waals surface area contributed by atoms with Gasteiger partial charge in [-0.05, 0) is 12.8 Å². The Morgan fingerprint density at radius 3 is 2.81 bits per heavy atom. The molecule has 1 aliphatic carbocycles. The largest absolute Gasteiger partial charge is 0.350 e. The summed E-state index contributed by atoms with van der Waals surface area (Å²) < 4.78 is 23.9. The van der Waals surface area contributed by atoms with Gasteiger partial charge in [0.25, 0.3) is 5.91 Å². The summed E-state index contributed by atoms with van der Waals surface area (Å²) in [7, 11) is -3.68. The Morgan fingerprint density at radius 2 is 2.19 bits per heavy atom. The molecular formula is C12H15N5O3S. The van der Waals surface area contributed by atoms with Crippen molar-refractivity contribution < 1.29 is 13.2 Å². The minimum absolute atomic E-state index is 0.0205. The first kappa shape index (κ1) is 14.0. The Balaban J connectivity index is 1.74. The van der Waals surface area contributed by atoms with Crippen LogP contribution in [-0.4, -0.2) is 40.0 Å². The molecular weight excluding hydrogens is 294 g/mol. The number of carbonyl (C=O) groups excluding carboxylic acids is 1. The lowest BCUT2D eigenvalue weighted by atomic mass is 9.84. The lowest BCUT2D eigenvalue weighted by molar-refractivity contribution is 0.0942. The monoisotopic (exact) mass is 309 g/mol. The molecule has 0 aromatic carbocycles. The number of primary sulfonamides is 1. The molecule has 0 aliphatic heterocycles. The van der Waals surface area contributed by atoms with Gasteiger partial charge in [0.15, 0.2) is 0 Å². The molecule has 8 nitrogen and oxygen atoms in total. The average Bonchev–Trinajstić information content (AvgIpc) is 2.82. The zero-order valence-electron chi connectivity index (χ0n) is 11.2. The molecule has 3 rings (SSSR count). The summed E-state index contributed by atoms with van der Waals surface area (Å²) in [5, 5.41) is 7.89. The van der Waals surface area contributed by atoms with Crippen LogP contribution in [0.1, 0.15) is 29.6 Å². The van der Waals surface area contributed by atoms with Crippen LogP contribution in [-0.2, 0) is 10.0 Å². The summed E-state index contributed by atoms with van der Waals surface area (Å²) in [5.74, 6) is 0.111. The number of hydrogen-bond donors (Lipinski definition) is 2. The van der Waals surface area contributed by atoms with Gasteiger partial charge < -0.3 is 5.32 Å². The van der Waals surface area contributed by atoms with Gasteiger partial charge in [0.05, 0.1) is 5.56 Å². The topological polar surface area (TPSA) is 119 Å². The molecule has 1 saturated carbocycles. The van der Waals surface area contributed by atoms with Crippen LogP contribution in [0, 0.1) is 0 Å². The van der Waals surface area contributed by atoms with Crippen LogP contribution in [0.3, 0.4) is 0 Å². The van der Waals surface area contributed by atoms with Gasteiger partial charge in [0.2, 0.25) is 15.8 Å². The quantitative estimate of drug-likeness (QED) is 0.801. The van der Waals surface area contributed by atoms with Gasteiger partial charge in [0, 0.05) is 31.3 Å². The molecule has 112 valence electrons. The van der Waals surface area contributed by atoms with Gasteiger partial charge in [-0.1, -0.05) is 6.42 Å². The van der Waals surface area contributed by atoms with Gasteiger partial charge >= 0.3 is 0 Å². The summed E-state index contributed by atoms with van der Waals surface area (Å²) in [6.45, 7) is 0.0205. The number of sulfonamides is 1. The van der Waals surface area contributed by atoms with Gasteiger partial charge in [0.1, 0.15) is 4.75 Å². The Bertz CT molecular complexity index is 794. The van der Waals surface area contributed by atoms with Crippen molar-refractivity contribution in [3.8, 4) is 0 Å². The number of imidazole rings is 1. The van der Waals surface area contributed by atoms with Gasteiger partial charge in [-0.2, -0.15) is 0 Å². The Labute approximate surface area is 121 Å². The number of amides is 1. The van der Waals surface area contributed by atoms with Crippen LogP contribution in [0.5, 0.6) is 0 Å². The lowest BCUT2D eigenvalue weighted by Crippen LogP contribution is -2.56.